The molecule has 0 spiro atoms. The Balaban J connectivity index is 0.974. The Labute approximate surface area is 441 Å². The van der Waals surface area contributed by atoms with E-state index in [0.717, 1.165) is 11.4 Å². The third-order valence-electron chi connectivity index (χ3n) is 17.1. The summed E-state index contributed by atoms with van der Waals surface area (Å²) in [5.74, 6) is 0. The Kier molecular flexibility index (Phi) is 9.20. The fourth-order valence-corrected chi connectivity index (χ4v) is 14.1. The highest BCUT2D eigenvalue weighted by molar-refractivity contribution is 6.16. The van der Waals surface area contributed by atoms with Crippen molar-refractivity contribution < 1.29 is 0 Å². The normalized spacial score (nSPS) is 13.7. The molecule has 2 aromatic heterocycles. The highest BCUT2D eigenvalue weighted by Gasteiger charge is 2.48. The smallest absolute Gasteiger partial charge is 0.0714 e. The number of fused-ring (bicyclic) bond motifs is 12. The number of hydrogen-bond acceptors (Lipinski definition) is 0. The lowest BCUT2D eigenvalue weighted by atomic mass is 9.67. The van der Waals surface area contributed by atoms with Crippen LogP contribution in [0.1, 0.15) is 44.5 Å². The molecule has 2 nitrogen and oxygen atoms in total. The molecule has 14 aromatic rings. The molecule has 0 N–H and O–H groups in total. The summed E-state index contributed by atoms with van der Waals surface area (Å²) in [5, 5.41) is 4.94. The minimum absolute atomic E-state index is 0.550. The molecule has 0 saturated carbocycles. The van der Waals surface area contributed by atoms with Gasteiger partial charge < -0.3 is 9.13 Å². The van der Waals surface area contributed by atoms with Crippen LogP contribution in [-0.4, -0.2) is 9.13 Å². The molecular weight excluding hydrogens is 917 g/mol. The zero-order chi connectivity index (χ0) is 50.0. The highest BCUT2D eigenvalue weighted by Crippen LogP contribution is 2.58. The third-order valence-corrected chi connectivity index (χ3v) is 17.1. The topological polar surface area (TPSA) is 9.86 Å². The van der Waals surface area contributed by atoms with Crippen molar-refractivity contribution in [3.05, 3.63) is 336 Å². The van der Waals surface area contributed by atoms with Gasteiger partial charge in [-0.2, -0.15) is 0 Å². The van der Waals surface area contributed by atoms with E-state index in [9.17, 15) is 0 Å². The average Bonchev–Trinajstić information content (AvgIpc) is 4.37. The van der Waals surface area contributed by atoms with Crippen molar-refractivity contribution in [2.45, 2.75) is 10.8 Å². The van der Waals surface area contributed by atoms with E-state index in [1.165, 1.54) is 122 Å². The maximum atomic E-state index is 2.56. The van der Waals surface area contributed by atoms with Gasteiger partial charge in [0.2, 0.25) is 0 Å². The van der Waals surface area contributed by atoms with Crippen LogP contribution in [-0.2, 0) is 10.8 Å². The lowest BCUT2D eigenvalue weighted by Gasteiger charge is -2.34. The first kappa shape index (κ1) is 42.7. The lowest BCUT2D eigenvalue weighted by Crippen LogP contribution is -2.28. The molecule has 0 unspecified atom stereocenters. The third kappa shape index (κ3) is 5.76. The Morgan fingerprint density at radius 2 is 0.605 bits per heavy atom. The average molecular weight is 965 g/mol. The summed E-state index contributed by atoms with van der Waals surface area (Å²) in [4.78, 5) is 0. The van der Waals surface area contributed by atoms with Crippen LogP contribution in [0.15, 0.2) is 291 Å². The molecule has 0 fully saturated rings. The van der Waals surface area contributed by atoms with E-state index in [1.807, 2.05) is 0 Å². The summed E-state index contributed by atoms with van der Waals surface area (Å²) < 4.78 is 4.96. The lowest BCUT2D eigenvalue weighted by molar-refractivity contribution is 0.769. The Hall–Kier alpha value is -9.76. The zero-order valence-corrected chi connectivity index (χ0v) is 41.6. The van der Waals surface area contributed by atoms with E-state index in [0.29, 0.717) is 0 Å². The fourth-order valence-electron chi connectivity index (χ4n) is 14.1. The van der Waals surface area contributed by atoms with Crippen LogP contribution in [0.25, 0.3) is 88.4 Å². The second-order valence-electron chi connectivity index (χ2n) is 20.6. The van der Waals surface area contributed by atoms with Gasteiger partial charge in [-0.3, -0.25) is 0 Å². The van der Waals surface area contributed by atoms with Crippen LogP contribution < -0.4 is 0 Å². The number of aromatic nitrogens is 2. The SMILES string of the molecule is c1ccc(-n2c3ccccc3c3c(-c4ccc(-n5c6cc(C7(c8ccccc8)c8ccccc8-c8ccccc87)ccc6c6ccc(C7(c8ccccc8)c8ccccc8-c8ccccc87)cc65)cc4)cccc32)cc1. The largest absolute Gasteiger partial charge is 0.309 e. The molecule has 2 heterocycles. The first-order valence-electron chi connectivity index (χ1n) is 26.5. The van der Waals surface area contributed by atoms with Gasteiger partial charge in [0.1, 0.15) is 0 Å². The van der Waals surface area contributed by atoms with Crippen molar-refractivity contribution in [1.82, 2.24) is 9.13 Å². The summed E-state index contributed by atoms with van der Waals surface area (Å²) in [6.45, 7) is 0. The van der Waals surface area contributed by atoms with Gasteiger partial charge in [-0.1, -0.05) is 243 Å². The molecule has 0 saturated heterocycles. The summed E-state index contributed by atoms with van der Waals surface area (Å²) in [6, 6.07) is 109. The van der Waals surface area contributed by atoms with Gasteiger partial charge in [0.15, 0.2) is 0 Å². The standard InChI is InChI=1S/C74H48N2/c1-4-21-50(22-5-1)73(64-33-15-10-27-57(64)58-28-11-16-34-65(58)73)52-41-45-61-62-46-42-53(74(51-23-6-2-7-24-51)66-35-17-12-29-59(66)60-30-13-18-36-67(60)74)48-71(62)76(70(61)47-52)55-43-39-49(40-44-55)56-32-20-38-69-72(56)63-31-14-19-37-68(63)75(69)54-25-8-3-9-26-54/h1-48H. The number of benzene rings is 12. The summed E-state index contributed by atoms with van der Waals surface area (Å²) in [5.41, 5.74) is 23.7. The van der Waals surface area contributed by atoms with Crippen molar-refractivity contribution in [3.63, 3.8) is 0 Å². The summed E-state index contributed by atoms with van der Waals surface area (Å²) in [6.07, 6.45) is 0. The molecule has 0 radical (unpaired) electrons. The van der Waals surface area contributed by atoms with Gasteiger partial charge >= 0.3 is 0 Å². The minimum Gasteiger partial charge on any atom is -0.309 e. The summed E-state index contributed by atoms with van der Waals surface area (Å²) >= 11 is 0. The number of hydrogen-bond donors (Lipinski definition) is 0. The quantitative estimate of drug-likeness (QED) is 0.151. The predicted octanol–water partition coefficient (Wildman–Crippen LogP) is 18.3. The van der Waals surface area contributed by atoms with Crippen molar-refractivity contribution in [2.24, 2.45) is 0 Å². The first-order chi connectivity index (χ1) is 37.7. The number of para-hydroxylation sites is 2. The number of nitrogens with zero attached hydrogens (tertiary/aromatic N) is 2. The molecule has 0 atom stereocenters. The van der Waals surface area contributed by atoms with Crippen molar-refractivity contribution >= 4 is 43.6 Å². The molecule has 16 rings (SSSR count). The van der Waals surface area contributed by atoms with Gasteiger partial charge in [-0.05, 0) is 126 Å². The van der Waals surface area contributed by atoms with Gasteiger partial charge in [0, 0.05) is 32.9 Å². The van der Waals surface area contributed by atoms with Crippen molar-refractivity contribution in [2.75, 3.05) is 0 Å². The second-order valence-corrected chi connectivity index (χ2v) is 20.6. The highest BCUT2D eigenvalue weighted by atomic mass is 15.0. The Bertz CT molecular complexity index is 4330. The maximum Gasteiger partial charge on any atom is 0.0714 e. The molecule has 2 aliphatic carbocycles. The molecule has 12 aromatic carbocycles. The van der Waals surface area contributed by atoms with Crippen molar-refractivity contribution in [1.29, 1.82) is 0 Å². The number of rotatable bonds is 7. The minimum atomic E-state index is -0.550. The van der Waals surface area contributed by atoms with E-state index < -0.39 is 10.8 Å². The maximum absolute atomic E-state index is 2.56. The molecule has 0 amide bonds. The summed E-state index contributed by atoms with van der Waals surface area (Å²) in [7, 11) is 0. The van der Waals surface area contributed by atoms with Crippen LogP contribution in [0.3, 0.4) is 0 Å². The molecule has 0 aliphatic heterocycles. The molecule has 0 bridgehead atoms. The molecule has 354 valence electrons. The fraction of sp³-hybridized carbons (Fsp3) is 0.0270. The van der Waals surface area contributed by atoms with Gasteiger partial charge in [0.25, 0.3) is 0 Å². The van der Waals surface area contributed by atoms with E-state index in [1.54, 1.807) is 0 Å². The molecule has 2 heteroatoms. The van der Waals surface area contributed by atoms with E-state index >= 15 is 0 Å². The van der Waals surface area contributed by atoms with Crippen molar-refractivity contribution in [3.8, 4) is 44.8 Å². The Morgan fingerprint density at radius 3 is 1.11 bits per heavy atom. The van der Waals surface area contributed by atoms with Crippen LogP contribution in [0.4, 0.5) is 0 Å². The van der Waals surface area contributed by atoms with Crippen LogP contribution in [0.5, 0.6) is 0 Å². The zero-order valence-electron chi connectivity index (χ0n) is 41.6. The predicted molar refractivity (Wildman–Crippen MR) is 315 cm³/mol. The molecule has 2 aliphatic rings. The van der Waals surface area contributed by atoms with Gasteiger partial charge in [-0.15, -0.1) is 0 Å². The Morgan fingerprint density at radius 1 is 0.224 bits per heavy atom. The molecule has 76 heavy (non-hydrogen) atoms. The van der Waals surface area contributed by atoms with Gasteiger partial charge in [-0.25, -0.2) is 0 Å². The van der Waals surface area contributed by atoms with E-state index in [4.69, 9.17) is 0 Å². The monoisotopic (exact) mass is 964 g/mol. The van der Waals surface area contributed by atoms with Crippen LogP contribution >= 0.6 is 0 Å². The molecular formula is C74H48N2. The van der Waals surface area contributed by atoms with E-state index in [-0.39, 0.29) is 0 Å². The van der Waals surface area contributed by atoms with Crippen LogP contribution in [0.2, 0.25) is 0 Å². The van der Waals surface area contributed by atoms with Gasteiger partial charge in [0.05, 0.1) is 32.9 Å². The van der Waals surface area contributed by atoms with E-state index in [2.05, 4.69) is 300 Å². The first-order valence-corrected chi connectivity index (χ1v) is 26.5. The van der Waals surface area contributed by atoms with Crippen LogP contribution in [0, 0.1) is 0 Å². The second kappa shape index (κ2) is 16.4.